The van der Waals surface area contributed by atoms with Gasteiger partial charge in [0, 0.05) is 49.4 Å². The molecule has 0 aliphatic carbocycles. The van der Waals surface area contributed by atoms with Gasteiger partial charge in [-0.15, -0.1) is 11.3 Å². The summed E-state index contributed by atoms with van der Waals surface area (Å²) in [5, 5.41) is 5.08. The molecule has 1 fully saturated rings. The Morgan fingerprint density at radius 3 is 2.69 bits per heavy atom. The molecule has 8 nitrogen and oxygen atoms in total. The predicted molar refractivity (Wildman–Crippen MR) is 146 cm³/mol. The maximum Gasteiger partial charge on any atom is 0.409 e. The second-order valence-corrected chi connectivity index (χ2v) is 10.6. The van der Waals surface area contributed by atoms with Crippen molar-refractivity contribution in [1.82, 2.24) is 24.8 Å². The molecule has 4 rings (SSSR count). The maximum atomic E-state index is 12.0. The Bertz CT molecular complexity index is 1160. The third kappa shape index (κ3) is 6.93. The fourth-order valence-electron chi connectivity index (χ4n) is 4.16. The first kappa shape index (κ1) is 26.3. The van der Waals surface area contributed by atoms with E-state index >= 15 is 0 Å². The minimum Gasteiger partial charge on any atom is -0.450 e. The molecule has 1 aliphatic heterocycles. The van der Waals surface area contributed by atoms with Crippen LogP contribution in [-0.2, 0) is 11.2 Å². The number of hydrogen-bond donors (Lipinski definition) is 1. The van der Waals surface area contributed by atoms with Crippen LogP contribution in [0.15, 0.2) is 36.5 Å². The molecule has 36 heavy (non-hydrogen) atoms. The molecule has 1 aliphatic rings. The van der Waals surface area contributed by atoms with Crippen LogP contribution in [0.3, 0.4) is 0 Å². The summed E-state index contributed by atoms with van der Waals surface area (Å²) in [4.78, 5) is 31.1. The van der Waals surface area contributed by atoms with Gasteiger partial charge < -0.3 is 19.9 Å². The van der Waals surface area contributed by atoms with Crippen LogP contribution in [0.4, 0.5) is 10.7 Å². The van der Waals surface area contributed by atoms with Crippen LogP contribution in [0.1, 0.15) is 24.8 Å². The Morgan fingerprint density at radius 1 is 1.22 bits per heavy atom. The van der Waals surface area contributed by atoms with Crippen molar-refractivity contribution < 1.29 is 9.53 Å². The fourth-order valence-corrected chi connectivity index (χ4v) is 5.38. The zero-order chi connectivity index (χ0) is 25.5. The summed E-state index contributed by atoms with van der Waals surface area (Å²) in [5.74, 6) is 1.08. The van der Waals surface area contributed by atoms with Crippen molar-refractivity contribution in [1.29, 1.82) is 0 Å². The Hall–Kier alpha value is -2.75. The van der Waals surface area contributed by atoms with E-state index in [-0.39, 0.29) is 6.09 Å². The average molecular weight is 529 g/mol. The molecule has 0 saturated carbocycles. The van der Waals surface area contributed by atoms with E-state index < -0.39 is 0 Å². The van der Waals surface area contributed by atoms with Crippen molar-refractivity contribution in [3.63, 3.8) is 0 Å². The van der Waals surface area contributed by atoms with Gasteiger partial charge in [0.25, 0.3) is 0 Å². The van der Waals surface area contributed by atoms with Crippen molar-refractivity contribution in [2.75, 3.05) is 52.2 Å². The van der Waals surface area contributed by atoms with E-state index in [1.165, 1.54) is 0 Å². The van der Waals surface area contributed by atoms with Gasteiger partial charge in [-0.25, -0.2) is 19.7 Å². The third-order valence-electron chi connectivity index (χ3n) is 6.13. The first-order valence-electron chi connectivity index (χ1n) is 12.3. The van der Waals surface area contributed by atoms with Gasteiger partial charge in [-0.2, -0.15) is 0 Å². The van der Waals surface area contributed by atoms with Gasteiger partial charge in [0.2, 0.25) is 5.95 Å². The van der Waals surface area contributed by atoms with E-state index in [1.807, 2.05) is 57.5 Å². The van der Waals surface area contributed by atoms with Crippen molar-refractivity contribution in [2.24, 2.45) is 5.92 Å². The highest BCUT2D eigenvalue weighted by Crippen LogP contribution is 2.33. The molecule has 3 aromatic rings. The van der Waals surface area contributed by atoms with Gasteiger partial charge in [-0.05, 0) is 51.9 Å². The summed E-state index contributed by atoms with van der Waals surface area (Å²) in [6, 6.07) is 9.69. The quantitative estimate of drug-likeness (QED) is 0.403. The fraction of sp³-hybridized carbons (Fsp3) is 0.462. The number of piperidine rings is 1. The number of halogens is 1. The van der Waals surface area contributed by atoms with Gasteiger partial charge in [0.05, 0.1) is 27.9 Å². The van der Waals surface area contributed by atoms with Crippen LogP contribution < -0.4 is 5.32 Å². The Labute approximate surface area is 221 Å². The van der Waals surface area contributed by atoms with Gasteiger partial charge in [0.15, 0.2) is 0 Å². The summed E-state index contributed by atoms with van der Waals surface area (Å²) in [6.45, 7) is 5.32. The SMILES string of the molecule is CCOC(=O)N1CCC(Cc2ncc(-c3cc(-c4ccccc4Cl)nc(NCCN(C)C)n3)s2)CC1. The number of nitrogens with zero attached hydrogens (tertiary/aromatic N) is 5. The highest BCUT2D eigenvalue weighted by Gasteiger charge is 2.24. The van der Waals surface area contributed by atoms with Crippen molar-refractivity contribution in [3.8, 4) is 21.8 Å². The van der Waals surface area contributed by atoms with Crippen LogP contribution in [0, 0.1) is 5.92 Å². The molecule has 1 amide bonds. The van der Waals surface area contributed by atoms with E-state index in [9.17, 15) is 4.79 Å². The van der Waals surface area contributed by atoms with Crippen LogP contribution in [0.5, 0.6) is 0 Å². The van der Waals surface area contributed by atoms with Crippen molar-refractivity contribution >= 4 is 35.0 Å². The van der Waals surface area contributed by atoms with Crippen molar-refractivity contribution in [3.05, 3.63) is 46.6 Å². The molecule has 3 heterocycles. The van der Waals surface area contributed by atoms with E-state index in [4.69, 9.17) is 31.3 Å². The number of anilines is 1. The Kier molecular flexibility index (Phi) is 9.12. The van der Waals surface area contributed by atoms with Crippen molar-refractivity contribution in [2.45, 2.75) is 26.2 Å². The van der Waals surface area contributed by atoms with Gasteiger partial charge in [0.1, 0.15) is 0 Å². The Balaban J connectivity index is 1.49. The standard InChI is InChI=1S/C26H33ClN6O2S/c1-4-35-26(34)33-12-9-18(10-13-33)15-24-29-17-23(36-24)22-16-21(19-7-5-6-8-20(19)27)30-25(31-22)28-11-14-32(2)3/h5-8,16-18H,4,9-15H2,1-3H3,(H,28,30,31). The first-order chi connectivity index (χ1) is 17.4. The maximum absolute atomic E-state index is 12.0. The van der Waals surface area contributed by atoms with Crippen LogP contribution in [0.2, 0.25) is 5.02 Å². The molecule has 1 aromatic carbocycles. The van der Waals surface area contributed by atoms with Crippen LogP contribution >= 0.6 is 22.9 Å². The summed E-state index contributed by atoms with van der Waals surface area (Å²) in [6.07, 6.45) is 4.50. The van der Waals surface area contributed by atoms with Gasteiger partial charge >= 0.3 is 6.09 Å². The number of carbonyl (C=O) groups excluding carboxylic acids is 1. The molecule has 0 radical (unpaired) electrons. The predicted octanol–water partition coefficient (Wildman–Crippen LogP) is 5.31. The molecule has 1 saturated heterocycles. The lowest BCUT2D eigenvalue weighted by atomic mass is 9.94. The number of likely N-dealkylation sites (tertiary alicyclic amines) is 1. The minimum absolute atomic E-state index is 0.208. The second-order valence-electron chi connectivity index (χ2n) is 9.12. The van der Waals surface area contributed by atoms with E-state index in [2.05, 4.69) is 10.2 Å². The van der Waals surface area contributed by atoms with E-state index in [1.54, 1.807) is 16.2 Å². The summed E-state index contributed by atoms with van der Waals surface area (Å²) < 4.78 is 5.13. The number of thiazole rings is 1. The molecule has 0 bridgehead atoms. The van der Waals surface area contributed by atoms with Crippen LogP contribution in [0.25, 0.3) is 21.8 Å². The highest BCUT2D eigenvalue weighted by molar-refractivity contribution is 7.15. The van der Waals surface area contributed by atoms with Gasteiger partial charge in [-0.1, -0.05) is 29.8 Å². The second kappa shape index (κ2) is 12.5. The molecule has 1 N–H and O–H groups in total. The minimum atomic E-state index is -0.208. The van der Waals surface area contributed by atoms with E-state index in [0.717, 1.165) is 72.3 Å². The first-order valence-corrected chi connectivity index (χ1v) is 13.5. The van der Waals surface area contributed by atoms with Gasteiger partial charge in [-0.3, -0.25) is 0 Å². The monoisotopic (exact) mass is 528 g/mol. The molecule has 10 heteroatoms. The number of aromatic nitrogens is 3. The van der Waals surface area contributed by atoms with E-state index in [0.29, 0.717) is 23.5 Å². The number of likely N-dealkylation sites (N-methyl/N-ethyl adjacent to an activating group) is 1. The lowest BCUT2D eigenvalue weighted by Crippen LogP contribution is -2.39. The number of ether oxygens (including phenoxy) is 1. The molecule has 0 atom stereocenters. The summed E-state index contributed by atoms with van der Waals surface area (Å²) in [5.41, 5.74) is 2.48. The normalized spacial score (nSPS) is 14.3. The molecule has 2 aromatic heterocycles. The lowest BCUT2D eigenvalue weighted by Gasteiger charge is -2.30. The zero-order valence-electron chi connectivity index (χ0n) is 21.0. The lowest BCUT2D eigenvalue weighted by molar-refractivity contribution is 0.0918. The topological polar surface area (TPSA) is 83.5 Å². The molecular weight excluding hydrogens is 496 g/mol. The number of rotatable bonds is 9. The highest BCUT2D eigenvalue weighted by atomic mass is 35.5. The number of carbonyl (C=O) groups is 1. The molecule has 0 unspecified atom stereocenters. The Morgan fingerprint density at radius 2 is 1.97 bits per heavy atom. The molecular formula is C26H33ClN6O2S. The zero-order valence-corrected chi connectivity index (χ0v) is 22.6. The molecule has 0 spiro atoms. The molecule has 192 valence electrons. The smallest absolute Gasteiger partial charge is 0.409 e. The van der Waals surface area contributed by atoms with Crippen LogP contribution in [-0.4, -0.2) is 77.7 Å². The third-order valence-corrected chi connectivity index (χ3v) is 7.50. The number of benzene rings is 1. The number of nitrogens with one attached hydrogen (secondary N) is 1. The summed E-state index contributed by atoms with van der Waals surface area (Å²) in [7, 11) is 4.07. The number of hydrogen-bond acceptors (Lipinski definition) is 8. The largest absolute Gasteiger partial charge is 0.450 e. The number of amides is 1. The average Bonchev–Trinajstić information content (AvgIpc) is 3.33. The summed E-state index contributed by atoms with van der Waals surface area (Å²) >= 11 is 8.15.